The van der Waals surface area contributed by atoms with E-state index in [9.17, 15) is 59.4 Å². The topological polar surface area (TPSA) is 322 Å². The smallest absolute Gasteiger partial charge is 0.550 e. The van der Waals surface area contributed by atoms with Gasteiger partial charge in [0, 0.05) is 24.8 Å². The van der Waals surface area contributed by atoms with E-state index in [1.54, 1.807) is 0 Å². The van der Waals surface area contributed by atoms with Crippen molar-refractivity contribution in [3.63, 3.8) is 0 Å². The summed E-state index contributed by atoms with van der Waals surface area (Å²) in [7, 11) is 0. The first-order valence-electron chi connectivity index (χ1n) is 6.48. The second-order valence-electron chi connectivity index (χ2n) is 4.96. The minimum Gasteiger partial charge on any atom is -0.550 e. The predicted molar refractivity (Wildman–Crippen MR) is 78.5 cm³/mol. The standard InChI is InChI=1S/2C6H8O8.3Ca/c2*7-2(8)1-6(14,5(12)13)3(9)4(10)11;;;/h2*3,9,14H,1H2,(H,7,8)(H,10,11)(H,12,13);;;/q;;3*+2/p-6. The molecule has 0 saturated heterocycles. The molecule has 0 aromatic heterocycles. The Morgan fingerprint density at radius 2 is 0.774 bits per heavy atom. The molecule has 0 heterocycles. The second kappa shape index (κ2) is 17.9. The Bertz CT molecular complexity index is 612. The van der Waals surface area contributed by atoms with Crippen molar-refractivity contribution in [1.82, 2.24) is 0 Å². The van der Waals surface area contributed by atoms with E-state index < -0.39 is 72.1 Å². The van der Waals surface area contributed by atoms with Crippen LogP contribution in [0.3, 0.4) is 0 Å². The molecule has 160 valence electrons. The van der Waals surface area contributed by atoms with Gasteiger partial charge in [-0.1, -0.05) is 0 Å². The molecule has 0 aromatic rings. The molecule has 31 heavy (non-hydrogen) atoms. The number of hydrogen-bond acceptors (Lipinski definition) is 16. The molecular weight excluding hydrogens is 520 g/mol. The van der Waals surface area contributed by atoms with E-state index in [2.05, 4.69) is 0 Å². The summed E-state index contributed by atoms with van der Waals surface area (Å²) in [5.74, 6) is -13.7. The van der Waals surface area contributed by atoms with E-state index in [1.807, 2.05) is 0 Å². The Labute approximate surface area is 261 Å². The molecule has 0 saturated carbocycles. The van der Waals surface area contributed by atoms with Crippen LogP contribution in [-0.2, 0) is 28.8 Å². The fourth-order valence-corrected chi connectivity index (χ4v) is 1.39. The number of aliphatic hydroxyl groups is 4. The maximum atomic E-state index is 10.2. The molecule has 19 heteroatoms. The Balaban J connectivity index is -0.000000133. The van der Waals surface area contributed by atoms with Crippen molar-refractivity contribution in [2.24, 2.45) is 0 Å². The van der Waals surface area contributed by atoms with Gasteiger partial charge in [-0.25, -0.2) is 0 Å². The van der Waals surface area contributed by atoms with E-state index >= 15 is 0 Å². The number of aliphatic carboxylic acids is 6. The molecular formula is C12H10Ca3O16. The van der Waals surface area contributed by atoms with Gasteiger partial charge >= 0.3 is 113 Å². The van der Waals surface area contributed by atoms with Crippen LogP contribution in [0.1, 0.15) is 12.8 Å². The number of carbonyl (C=O) groups excluding carboxylic acids is 6. The molecule has 0 spiro atoms. The Morgan fingerprint density at radius 3 is 0.871 bits per heavy atom. The molecule has 0 fully saturated rings. The van der Waals surface area contributed by atoms with Gasteiger partial charge in [0.1, 0.15) is 23.4 Å². The number of carboxylic acid groups (broad SMARTS) is 6. The fraction of sp³-hybridized carbons (Fsp3) is 0.500. The summed E-state index contributed by atoms with van der Waals surface area (Å²) >= 11 is 0. The van der Waals surface area contributed by atoms with Crippen LogP contribution in [0.5, 0.6) is 0 Å². The summed E-state index contributed by atoms with van der Waals surface area (Å²) in [6.45, 7) is 0. The zero-order chi connectivity index (χ0) is 23.0. The van der Waals surface area contributed by atoms with Gasteiger partial charge in [0.25, 0.3) is 0 Å². The summed E-state index contributed by atoms with van der Waals surface area (Å²) in [5.41, 5.74) is -6.92. The third kappa shape index (κ3) is 13.7. The van der Waals surface area contributed by atoms with E-state index in [4.69, 9.17) is 20.4 Å². The third-order valence-electron chi connectivity index (χ3n) is 2.89. The maximum absolute atomic E-state index is 10.2. The zero-order valence-corrected chi connectivity index (χ0v) is 22.0. The van der Waals surface area contributed by atoms with E-state index in [0.29, 0.717) is 0 Å². The Hall–Kier alpha value is 0.439. The number of carbonyl (C=O) groups is 6. The molecule has 0 amide bonds. The molecule has 4 atom stereocenters. The first-order chi connectivity index (χ1) is 12.4. The number of rotatable bonds is 10. The Morgan fingerprint density at radius 1 is 0.581 bits per heavy atom. The van der Waals surface area contributed by atoms with Gasteiger partial charge in [0.05, 0.1) is 23.9 Å². The van der Waals surface area contributed by atoms with Crippen LogP contribution < -0.4 is 30.6 Å². The Kier molecular flexibility index (Phi) is 24.0. The SMILES string of the molecule is O=C([O-])CC(O)(C(=O)[O-])C(O)C(=O)[O-].O=C([O-])CC(O)(C(=O)[O-])C(O)C(=O)[O-].[Ca+2].[Ca+2].[Ca+2]. The van der Waals surface area contributed by atoms with Gasteiger partial charge in [-0.05, 0) is 0 Å². The normalized spacial score (nSPS) is 15.1. The summed E-state index contributed by atoms with van der Waals surface area (Å²) in [4.78, 5) is 60.3. The largest absolute Gasteiger partial charge is 2.00 e. The van der Waals surface area contributed by atoms with Gasteiger partial charge in [0.2, 0.25) is 0 Å². The van der Waals surface area contributed by atoms with E-state index in [-0.39, 0.29) is 113 Å². The maximum Gasteiger partial charge on any atom is 2.00 e. The van der Waals surface area contributed by atoms with Crippen molar-refractivity contribution in [2.75, 3.05) is 0 Å². The number of carboxylic acids is 6. The summed E-state index contributed by atoms with van der Waals surface area (Å²) < 4.78 is 0. The first kappa shape index (κ1) is 41.7. The van der Waals surface area contributed by atoms with Crippen LogP contribution in [0, 0.1) is 0 Å². The van der Waals surface area contributed by atoms with Gasteiger partial charge in [-0.3, -0.25) is 0 Å². The second-order valence-corrected chi connectivity index (χ2v) is 4.96. The van der Waals surface area contributed by atoms with Crippen molar-refractivity contribution < 1.29 is 79.8 Å². The zero-order valence-electron chi connectivity index (χ0n) is 15.4. The van der Waals surface area contributed by atoms with Crippen molar-refractivity contribution >= 4 is 149 Å². The van der Waals surface area contributed by atoms with Gasteiger partial charge < -0.3 is 79.8 Å². The molecule has 4 N–H and O–H groups in total. The first-order valence-corrected chi connectivity index (χ1v) is 6.48. The quantitative estimate of drug-likeness (QED) is 0.190. The molecule has 0 bridgehead atoms. The van der Waals surface area contributed by atoms with E-state index in [1.165, 1.54) is 0 Å². The molecule has 0 aliphatic carbocycles. The molecule has 0 radical (unpaired) electrons. The minimum absolute atomic E-state index is 0. The summed E-state index contributed by atoms with van der Waals surface area (Å²) in [6, 6.07) is 0. The molecule has 0 aromatic carbocycles. The average Bonchev–Trinajstić information content (AvgIpc) is 2.51. The number of aliphatic hydroxyl groups excluding tert-OH is 2. The molecule has 0 rings (SSSR count). The summed E-state index contributed by atoms with van der Waals surface area (Å²) in [6.07, 6.45) is -9.06. The monoisotopic (exact) mass is 530 g/mol. The van der Waals surface area contributed by atoms with Crippen molar-refractivity contribution in [1.29, 1.82) is 0 Å². The minimum atomic E-state index is -3.46. The van der Waals surface area contributed by atoms with Crippen molar-refractivity contribution in [3.05, 3.63) is 0 Å². The average molecular weight is 530 g/mol. The molecule has 0 aliphatic heterocycles. The van der Waals surface area contributed by atoms with Crippen LogP contribution in [-0.4, -0.2) is 193 Å². The molecule has 16 nitrogen and oxygen atoms in total. The van der Waals surface area contributed by atoms with Crippen LogP contribution >= 0.6 is 0 Å². The van der Waals surface area contributed by atoms with Crippen LogP contribution in [0.15, 0.2) is 0 Å². The summed E-state index contributed by atoms with van der Waals surface area (Å²) in [5, 5.41) is 95.5. The molecule has 0 aliphatic rings. The van der Waals surface area contributed by atoms with Crippen molar-refractivity contribution in [2.45, 2.75) is 36.3 Å². The third-order valence-corrected chi connectivity index (χ3v) is 2.89. The van der Waals surface area contributed by atoms with Crippen LogP contribution in [0.25, 0.3) is 0 Å². The van der Waals surface area contributed by atoms with Gasteiger partial charge in [-0.2, -0.15) is 0 Å². The number of hydrogen-bond donors (Lipinski definition) is 4. The van der Waals surface area contributed by atoms with Crippen LogP contribution in [0.4, 0.5) is 0 Å². The van der Waals surface area contributed by atoms with Crippen molar-refractivity contribution in [3.8, 4) is 0 Å². The van der Waals surface area contributed by atoms with Gasteiger partial charge in [0.15, 0.2) is 0 Å². The van der Waals surface area contributed by atoms with Gasteiger partial charge in [-0.15, -0.1) is 0 Å². The fourth-order valence-electron chi connectivity index (χ4n) is 1.39. The predicted octanol–water partition coefficient (Wildman–Crippen LogP) is -13.7. The van der Waals surface area contributed by atoms with Crippen LogP contribution in [0.2, 0.25) is 0 Å². The molecule has 4 unspecified atom stereocenters. The van der Waals surface area contributed by atoms with E-state index in [0.717, 1.165) is 0 Å².